The minimum Gasteiger partial charge on any atom is -0.497 e. The number of benzene rings is 2. The van der Waals surface area contributed by atoms with E-state index < -0.39 is 0 Å². The molecule has 0 bridgehead atoms. The number of aryl methyl sites for hydroxylation is 2. The van der Waals surface area contributed by atoms with Gasteiger partial charge in [-0.1, -0.05) is 43.2 Å². The molecule has 1 saturated heterocycles. The van der Waals surface area contributed by atoms with Crippen molar-refractivity contribution in [2.24, 2.45) is 0 Å². The number of hydrogen-bond acceptors (Lipinski definition) is 3. The Labute approximate surface area is 162 Å². The van der Waals surface area contributed by atoms with E-state index in [0.717, 1.165) is 42.0 Å². The van der Waals surface area contributed by atoms with Gasteiger partial charge in [0.2, 0.25) is 5.91 Å². The highest BCUT2D eigenvalue weighted by Crippen LogP contribution is 2.31. The highest BCUT2D eigenvalue weighted by atomic mass is 16.5. The number of para-hydroxylation sites is 1. The van der Waals surface area contributed by atoms with Crippen LogP contribution in [-0.4, -0.2) is 31.0 Å². The van der Waals surface area contributed by atoms with Crippen LogP contribution in [0.1, 0.15) is 48.4 Å². The van der Waals surface area contributed by atoms with E-state index in [1.165, 1.54) is 18.4 Å². The van der Waals surface area contributed by atoms with Crippen LogP contribution in [0.5, 0.6) is 5.75 Å². The lowest BCUT2D eigenvalue weighted by atomic mass is 10.0. The average molecular weight is 367 g/mol. The second-order valence-corrected chi connectivity index (χ2v) is 7.42. The second-order valence-electron chi connectivity index (χ2n) is 7.42. The van der Waals surface area contributed by atoms with Crippen LogP contribution in [0.3, 0.4) is 0 Å². The molecule has 0 unspecified atom stereocenters. The van der Waals surface area contributed by atoms with E-state index in [0.29, 0.717) is 6.54 Å². The fraction of sp³-hybridized carbons (Fsp3) is 0.435. The van der Waals surface area contributed by atoms with E-state index in [4.69, 9.17) is 4.74 Å². The third-order valence-corrected chi connectivity index (χ3v) is 5.46. The molecule has 1 atom stereocenters. The average Bonchev–Trinajstić information content (AvgIpc) is 2.90. The predicted molar refractivity (Wildman–Crippen MR) is 110 cm³/mol. The van der Waals surface area contributed by atoms with Crippen LogP contribution in [0.4, 0.5) is 5.69 Å². The van der Waals surface area contributed by atoms with Crippen LogP contribution >= 0.6 is 0 Å². The van der Waals surface area contributed by atoms with E-state index in [1.807, 2.05) is 44.2 Å². The molecule has 1 amide bonds. The smallest absolute Gasteiger partial charge is 0.238 e. The summed E-state index contributed by atoms with van der Waals surface area (Å²) in [5.74, 6) is 0.930. The zero-order chi connectivity index (χ0) is 19.2. The van der Waals surface area contributed by atoms with Crippen molar-refractivity contribution in [3.8, 4) is 5.75 Å². The number of methoxy groups -OCH3 is 1. The molecule has 2 aromatic carbocycles. The molecule has 27 heavy (non-hydrogen) atoms. The molecule has 0 aromatic heterocycles. The number of ether oxygens (including phenoxy) is 1. The van der Waals surface area contributed by atoms with Crippen LogP contribution in [0, 0.1) is 13.8 Å². The molecule has 1 heterocycles. The Balaban J connectivity index is 1.74. The molecule has 1 aliphatic rings. The summed E-state index contributed by atoms with van der Waals surface area (Å²) in [6, 6.07) is 14.7. The summed E-state index contributed by atoms with van der Waals surface area (Å²) >= 11 is 0. The van der Waals surface area contributed by atoms with Crippen LogP contribution in [-0.2, 0) is 4.79 Å². The van der Waals surface area contributed by atoms with Crippen molar-refractivity contribution in [3.05, 3.63) is 59.2 Å². The van der Waals surface area contributed by atoms with Gasteiger partial charge in [0.1, 0.15) is 5.75 Å². The maximum atomic E-state index is 12.8. The van der Waals surface area contributed by atoms with E-state index >= 15 is 0 Å². The van der Waals surface area contributed by atoms with Crippen molar-refractivity contribution in [2.75, 3.05) is 25.5 Å². The number of likely N-dealkylation sites (tertiary alicyclic amines) is 1. The lowest BCUT2D eigenvalue weighted by Crippen LogP contribution is -2.36. The number of nitrogens with one attached hydrogen (secondary N) is 1. The van der Waals surface area contributed by atoms with E-state index in [9.17, 15) is 4.79 Å². The molecule has 0 spiro atoms. The zero-order valence-corrected chi connectivity index (χ0v) is 16.6. The fourth-order valence-corrected chi connectivity index (χ4v) is 3.94. The Kier molecular flexibility index (Phi) is 6.51. The van der Waals surface area contributed by atoms with Crippen molar-refractivity contribution >= 4 is 11.6 Å². The Hall–Kier alpha value is -2.33. The van der Waals surface area contributed by atoms with Crippen molar-refractivity contribution in [3.63, 3.8) is 0 Å². The quantitative estimate of drug-likeness (QED) is 0.821. The highest BCUT2D eigenvalue weighted by Gasteiger charge is 2.24. The lowest BCUT2D eigenvalue weighted by molar-refractivity contribution is -0.117. The first-order valence-corrected chi connectivity index (χ1v) is 9.82. The summed E-state index contributed by atoms with van der Waals surface area (Å²) in [5, 5.41) is 3.14. The lowest BCUT2D eigenvalue weighted by Gasteiger charge is -2.30. The third-order valence-electron chi connectivity index (χ3n) is 5.46. The van der Waals surface area contributed by atoms with Crippen LogP contribution in [0.15, 0.2) is 42.5 Å². The molecule has 2 aromatic rings. The van der Waals surface area contributed by atoms with Gasteiger partial charge >= 0.3 is 0 Å². The van der Waals surface area contributed by atoms with Gasteiger partial charge in [0, 0.05) is 11.7 Å². The number of carbonyl (C=O) groups is 1. The minimum atomic E-state index is 0.0628. The number of anilines is 1. The molecular weight excluding hydrogens is 336 g/mol. The van der Waals surface area contributed by atoms with Gasteiger partial charge in [0.25, 0.3) is 0 Å². The molecule has 1 N–H and O–H groups in total. The van der Waals surface area contributed by atoms with E-state index in [1.54, 1.807) is 7.11 Å². The molecule has 0 saturated carbocycles. The summed E-state index contributed by atoms with van der Waals surface area (Å²) in [5.41, 5.74) is 4.41. The first-order valence-electron chi connectivity index (χ1n) is 9.82. The fourth-order valence-electron chi connectivity index (χ4n) is 3.94. The Morgan fingerprint density at radius 1 is 1.07 bits per heavy atom. The minimum absolute atomic E-state index is 0.0628. The van der Waals surface area contributed by atoms with E-state index in [-0.39, 0.29) is 11.9 Å². The third kappa shape index (κ3) is 4.89. The molecule has 1 fully saturated rings. The Bertz CT molecular complexity index is 750. The summed E-state index contributed by atoms with van der Waals surface area (Å²) in [6.45, 7) is 5.45. The van der Waals surface area contributed by atoms with Gasteiger partial charge in [0.15, 0.2) is 0 Å². The number of rotatable bonds is 5. The van der Waals surface area contributed by atoms with Crippen molar-refractivity contribution in [2.45, 2.75) is 45.6 Å². The maximum Gasteiger partial charge on any atom is 0.238 e. The second kappa shape index (κ2) is 9.05. The molecule has 144 valence electrons. The first-order chi connectivity index (χ1) is 13.1. The molecular formula is C23H30N2O2. The molecule has 4 heteroatoms. The molecule has 0 aliphatic carbocycles. The summed E-state index contributed by atoms with van der Waals surface area (Å²) < 4.78 is 5.28. The summed E-state index contributed by atoms with van der Waals surface area (Å²) in [6.07, 6.45) is 4.65. The molecule has 1 aliphatic heterocycles. The number of amides is 1. The van der Waals surface area contributed by atoms with Gasteiger partial charge < -0.3 is 10.1 Å². The van der Waals surface area contributed by atoms with Gasteiger partial charge in [-0.05, 0) is 62.1 Å². The molecule has 3 rings (SSSR count). The van der Waals surface area contributed by atoms with E-state index in [2.05, 4.69) is 22.3 Å². The SMILES string of the molecule is COc1ccc([C@@H]2CCCCCN2CC(=O)Nc2c(C)cccc2C)cc1. The number of carbonyl (C=O) groups excluding carboxylic acids is 1. The van der Waals surface area contributed by atoms with Crippen molar-refractivity contribution in [1.29, 1.82) is 0 Å². The summed E-state index contributed by atoms with van der Waals surface area (Å²) in [4.78, 5) is 15.1. The largest absolute Gasteiger partial charge is 0.497 e. The first kappa shape index (κ1) is 19.4. The van der Waals surface area contributed by atoms with Gasteiger partial charge in [-0.15, -0.1) is 0 Å². The predicted octanol–water partition coefficient (Wildman–Crippen LogP) is 4.87. The molecule has 4 nitrogen and oxygen atoms in total. The van der Waals surface area contributed by atoms with Crippen LogP contribution in [0.2, 0.25) is 0 Å². The van der Waals surface area contributed by atoms with Gasteiger partial charge in [-0.2, -0.15) is 0 Å². The monoisotopic (exact) mass is 366 g/mol. The zero-order valence-electron chi connectivity index (χ0n) is 16.6. The summed E-state index contributed by atoms with van der Waals surface area (Å²) in [7, 11) is 1.69. The van der Waals surface area contributed by atoms with Crippen LogP contribution in [0.25, 0.3) is 0 Å². The normalized spacial score (nSPS) is 18.0. The van der Waals surface area contributed by atoms with Gasteiger partial charge in [-0.25, -0.2) is 0 Å². The van der Waals surface area contributed by atoms with Gasteiger partial charge in [0.05, 0.1) is 13.7 Å². The molecule has 0 radical (unpaired) electrons. The Morgan fingerprint density at radius 2 is 1.78 bits per heavy atom. The Morgan fingerprint density at radius 3 is 2.44 bits per heavy atom. The van der Waals surface area contributed by atoms with Crippen molar-refractivity contribution < 1.29 is 9.53 Å². The standard InChI is InChI=1S/C23H30N2O2/c1-17-8-7-9-18(2)23(17)24-22(26)16-25-15-6-4-5-10-21(25)19-11-13-20(27-3)14-12-19/h7-9,11-14,21H,4-6,10,15-16H2,1-3H3,(H,24,26)/t21-/m0/s1. The van der Waals surface area contributed by atoms with Crippen LogP contribution < -0.4 is 10.1 Å². The number of hydrogen-bond donors (Lipinski definition) is 1. The maximum absolute atomic E-state index is 12.8. The topological polar surface area (TPSA) is 41.6 Å². The van der Waals surface area contributed by atoms with Crippen molar-refractivity contribution in [1.82, 2.24) is 4.90 Å². The van der Waals surface area contributed by atoms with Gasteiger partial charge in [-0.3, -0.25) is 9.69 Å². The highest BCUT2D eigenvalue weighted by molar-refractivity contribution is 5.93. The number of nitrogens with zero attached hydrogens (tertiary/aromatic N) is 1.